The molecule has 3 heteroatoms. The van der Waals surface area contributed by atoms with Crippen molar-refractivity contribution in [1.29, 1.82) is 0 Å². The van der Waals surface area contributed by atoms with Gasteiger partial charge in [0.1, 0.15) is 0 Å². The van der Waals surface area contributed by atoms with E-state index < -0.39 is 0 Å². The van der Waals surface area contributed by atoms with Crippen LogP contribution < -0.4 is 0 Å². The molecule has 1 fully saturated rings. The molecule has 0 spiro atoms. The summed E-state index contributed by atoms with van der Waals surface area (Å²) < 4.78 is 0.887. The molecular weight excluding hydrogens is 266 g/mol. The molecule has 0 aliphatic carbocycles. The lowest BCUT2D eigenvalue weighted by molar-refractivity contribution is 0.0682. The average Bonchev–Trinajstić information content (AvgIpc) is 2.29. The van der Waals surface area contributed by atoms with Gasteiger partial charge < -0.3 is 4.90 Å². The number of hydrogen-bond donors (Lipinski definition) is 0. The first-order valence-corrected chi connectivity index (χ1v) is 6.51. The second-order valence-electron chi connectivity index (χ2n) is 4.48. The molecule has 1 heterocycles. The Kier molecular flexibility index (Phi) is 3.64. The molecule has 1 atom stereocenters. The summed E-state index contributed by atoms with van der Waals surface area (Å²) in [4.78, 5) is 14.2. The Morgan fingerprint density at radius 3 is 2.88 bits per heavy atom. The van der Waals surface area contributed by atoms with E-state index in [4.69, 9.17) is 0 Å². The van der Waals surface area contributed by atoms with Crippen LogP contribution in [0.3, 0.4) is 0 Å². The molecule has 0 bridgehead atoms. The lowest BCUT2D eigenvalue weighted by Crippen LogP contribution is -2.39. The molecule has 2 rings (SSSR count). The Hall–Kier alpha value is -0.830. The summed E-state index contributed by atoms with van der Waals surface area (Å²) in [5.41, 5.74) is 0.775. The van der Waals surface area contributed by atoms with Gasteiger partial charge in [-0.05, 0) is 46.8 Å². The first kappa shape index (κ1) is 11.6. The van der Waals surface area contributed by atoms with Crippen molar-refractivity contribution in [1.82, 2.24) is 4.90 Å². The molecular formula is C13H16BrNO. The number of carbonyl (C=O) groups is 1. The van der Waals surface area contributed by atoms with Crippen LogP contribution in [-0.2, 0) is 0 Å². The number of piperidine rings is 1. The van der Waals surface area contributed by atoms with E-state index in [1.807, 2.05) is 29.2 Å². The maximum Gasteiger partial charge on any atom is 0.255 e. The zero-order valence-electron chi connectivity index (χ0n) is 9.45. The van der Waals surface area contributed by atoms with Gasteiger partial charge in [-0.3, -0.25) is 4.79 Å². The van der Waals surface area contributed by atoms with Crippen LogP contribution >= 0.6 is 15.9 Å². The highest BCUT2D eigenvalue weighted by atomic mass is 79.9. The summed E-state index contributed by atoms with van der Waals surface area (Å²) in [7, 11) is 0. The highest BCUT2D eigenvalue weighted by Gasteiger charge is 2.22. The molecule has 0 radical (unpaired) electrons. The van der Waals surface area contributed by atoms with Gasteiger partial charge in [-0.2, -0.15) is 0 Å². The quantitative estimate of drug-likeness (QED) is 0.773. The Morgan fingerprint density at radius 2 is 2.19 bits per heavy atom. The van der Waals surface area contributed by atoms with E-state index in [1.165, 1.54) is 6.42 Å². The van der Waals surface area contributed by atoms with Crippen LogP contribution in [-0.4, -0.2) is 23.9 Å². The number of amides is 1. The number of rotatable bonds is 1. The molecule has 0 N–H and O–H groups in total. The summed E-state index contributed by atoms with van der Waals surface area (Å²) in [5.74, 6) is 0.777. The topological polar surface area (TPSA) is 20.3 Å². The molecule has 1 aliphatic heterocycles. The largest absolute Gasteiger partial charge is 0.338 e. The molecule has 1 amide bonds. The van der Waals surface area contributed by atoms with Crippen LogP contribution in [0.5, 0.6) is 0 Å². The van der Waals surface area contributed by atoms with Crippen LogP contribution in [0.4, 0.5) is 0 Å². The zero-order valence-corrected chi connectivity index (χ0v) is 11.0. The second-order valence-corrected chi connectivity index (χ2v) is 5.33. The predicted octanol–water partition coefficient (Wildman–Crippen LogP) is 3.32. The number of carbonyl (C=O) groups excluding carboxylic acids is 1. The monoisotopic (exact) mass is 281 g/mol. The Balaban J connectivity index is 2.16. The third kappa shape index (κ3) is 2.46. The maximum absolute atomic E-state index is 12.3. The Bertz CT molecular complexity index is 391. The summed E-state index contributed by atoms with van der Waals surface area (Å²) in [6.07, 6.45) is 2.36. The van der Waals surface area contributed by atoms with E-state index in [1.54, 1.807) is 0 Å². The van der Waals surface area contributed by atoms with Crippen molar-refractivity contribution >= 4 is 21.8 Å². The molecule has 1 aromatic carbocycles. The van der Waals surface area contributed by atoms with E-state index in [0.29, 0.717) is 5.92 Å². The third-order valence-corrected chi connectivity index (χ3v) is 3.74. The fraction of sp³-hybridized carbons (Fsp3) is 0.462. The minimum Gasteiger partial charge on any atom is -0.338 e. The number of hydrogen-bond acceptors (Lipinski definition) is 1. The number of likely N-dealkylation sites (tertiary alicyclic amines) is 1. The van der Waals surface area contributed by atoms with Crippen LogP contribution in [0.25, 0.3) is 0 Å². The van der Waals surface area contributed by atoms with E-state index >= 15 is 0 Å². The minimum atomic E-state index is 0.152. The molecule has 86 valence electrons. The van der Waals surface area contributed by atoms with Gasteiger partial charge >= 0.3 is 0 Å². The summed E-state index contributed by atoms with van der Waals surface area (Å²) in [5, 5.41) is 0. The third-order valence-electron chi connectivity index (χ3n) is 3.05. The molecule has 16 heavy (non-hydrogen) atoms. The first-order valence-electron chi connectivity index (χ1n) is 5.72. The molecule has 1 aromatic rings. The van der Waals surface area contributed by atoms with Gasteiger partial charge in [0.25, 0.3) is 5.91 Å². The second kappa shape index (κ2) is 5.00. The molecule has 0 saturated carbocycles. The highest BCUT2D eigenvalue weighted by Crippen LogP contribution is 2.22. The van der Waals surface area contributed by atoms with Crippen molar-refractivity contribution < 1.29 is 4.79 Å². The number of benzene rings is 1. The normalized spacial score (nSPS) is 20.9. The molecule has 0 unspecified atom stereocenters. The standard InChI is InChI=1S/C13H16BrNO/c1-10-5-4-8-15(9-10)13(16)11-6-2-3-7-12(11)14/h2-3,6-7,10H,4-5,8-9H2,1H3/t10-/m0/s1. The summed E-state index contributed by atoms with van der Waals surface area (Å²) >= 11 is 3.43. The summed E-state index contributed by atoms with van der Waals surface area (Å²) in [6, 6.07) is 7.64. The first-order chi connectivity index (χ1) is 7.68. The van der Waals surface area contributed by atoms with Crippen LogP contribution in [0, 0.1) is 5.92 Å². The Labute approximate surface area is 105 Å². The molecule has 2 nitrogen and oxygen atoms in total. The van der Waals surface area contributed by atoms with E-state index in [0.717, 1.165) is 29.5 Å². The van der Waals surface area contributed by atoms with Gasteiger partial charge in [-0.1, -0.05) is 19.1 Å². The van der Waals surface area contributed by atoms with Crippen molar-refractivity contribution in [3.8, 4) is 0 Å². The summed E-state index contributed by atoms with van der Waals surface area (Å²) in [6.45, 7) is 3.99. The van der Waals surface area contributed by atoms with Gasteiger partial charge in [-0.25, -0.2) is 0 Å². The Morgan fingerprint density at radius 1 is 1.44 bits per heavy atom. The van der Waals surface area contributed by atoms with Crippen molar-refractivity contribution in [3.05, 3.63) is 34.3 Å². The van der Waals surface area contributed by atoms with Crippen molar-refractivity contribution in [2.75, 3.05) is 13.1 Å². The SMILES string of the molecule is C[C@H]1CCCN(C(=O)c2ccccc2Br)C1. The van der Waals surface area contributed by atoms with Gasteiger partial charge in [0.15, 0.2) is 0 Å². The fourth-order valence-corrected chi connectivity index (χ4v) is 2.63. The number of nitrogens with zero attached hydrogens (tertiary/aromatic N) is 1. The molecule has 0 aromatic heterocycles. The lowest BCUT2D eigenvalue weighted by Gasteiger charge is -2.31. The minimum absolute atomic E-state index is 0.152. The van der Waals surface area contributed by atoms with E-state index in [2.05, 4.69) is 22.9 Å². The van der Waals surface area contributed by atoms with Gasteiger partial charge in [0.05, 0.1) is 5.56 Å². The van der Waals surface area contributed by atoms with Crippen molar-refractivity contribution in [2.24, 2.45) is 5.92 Å². The molecule has 1 saturated heterocycles. The van der Waals surface area contributed by atoms with Gasteiger partial charge in [0, 0.05) is 17.6 Å². The maximum atomic E-state index is 12.3. The van der Waals surface area contributed by atoms with Gasteiger partial charge in [0.2, 0.25) is 0 Å². The van der Waals surface area contributed by atoms with Gasteiger partial charge in [-0.15, -0.1) is 0 Å². The van der Waals surface area contributed by atoms with Crippen molar-refractivity contribution in [3.63, 3.8) is 0 Å². The smallest absolute Gasteiger partial charge is 0.255 e. The lowest BCUT2D eigenvalue weighted by atomic mass is 9.99. The van der Waals surface area contributed by atoms with Crippen LogP contribution in [0.2, 0.25) is 0 Å². The fourth-order valence-electron chi connectivity index (χ4n) is 2.18. The molecule has 1 aliphatic rings. The highest BCUT2D eigenvalue weighted by molar-refractivity contribution is 9.10. The number of halogens is 1. The van der Waals surface area contributed by atoms with Crippen molar-refractivity contribution in [2.45, 2.75) is 19.8 Å². The van der Waals surface area contributed by atoms with E-state index in [9.17, 15) is 4.79 Å². The average molecular weight is 282 g/mol. The predicted molar refractivity (Wildman–Crippen MR) is 68.4 cm³/mol. The van der Waals surface area contributed by atoms with E-state index in [-0.39, 0.29) is 5.91 Å². The van der Waals surface area contributed by atoms with Crippen LogP contribution in [0.15, 0.2) is 28.7 Å². The van der Waals surface area contributed by atoms with Crippen LogP contribution in [0.1, 0.15) is 30.1 Å². The zero-order chi connectivity index (χ0) is 11.5.